The van der Waals surface area contributed by atoms with Gasteiger partial charge in [0.05, 0.1) is 0 Å². The van der Waals surface area contributed by atoms with Gasteiger partial charge >= 0.3 is 5.69 Å². The van der Waals surface area contributed by atoms with E-state index >= 15 is 0 Å². The molecule has 106 valence electrons. The molecule has 2 rings (SSSR count). The zero-order chi connectivity index (χ0) is 14.0. The van der Waals surface area contributed by atoms with Crippen LogP contribution in [0.25, 0.3) is 0 Å². The second kappa shape index (κ2) is 5.48. The van der Waals surface area contributed by atoms with Crippen molar-refractivity contribution < 1.29 is 5.11 Å². The van der Waals surface area contributed by atoms with E-state index in [9.17, 15) is 14.7 Å². The summed E-state index contributed by atoms with van der Waals surface area (Å²) in [7, 11) is 1.50. The minimum absolute atomic E-state index is 0.132. The summed E-state index contributed by atoms with van der Waals surface area (Å²) in [6.07, 6.45) is 3.14. The highest BCUT2D eigenvalue weighted by molar-refractivity contribution is 5.60. The number of rotatable bonds is 4. The third-order valence-electron chi connectivity index (χ3n) is 3.96. The first-order chi connectivity index (χ1) is 9.04. The zero-order valence-corrected chi connectivity index (χ0v) is 11.0. The number of hydrogen-bond donors (Lipinski definition) is 4. The van der Waals surface area contributed by atoms with Crippen molar-refractivity contribution in [2.75, 3.05) is 24.2 Å². The third-order valence-corrected chi connectivity index (χ3v) is 3.96. The summed E-state index contributed by atoms with van der Waals surface area (Å²) in [5.74, 6) is 0.744. The van der Waals surface area contributed by atoms with Crippen LogP contribution in [0.2, 0.25) is 0 Å². The van der Waals surface area contributed by atoms with Crippen LogP contribution < -0.4 is 22.3 Å². The molecule has 0 aromatic carbocycles. The van der Waals surface area contributed by atoms with E-state index < -0.39 is 11.2 Å². The molecular formula is C12H20N4O3. The maximum absolute atomic E-state index is 11.7. The Balaban J connectivity index is 2.14. The predicted octanol–water partition coefficient (Wildman–Crippen LogP) is -0.524. The molecule has 2 unspecified atom stereocenters. The number of nitrogens with two attached hydrogens (primary N) is 1. The lowest BCUT2D eigenvalue weighted by Crippen LogP contribution is -2.33. The molecule has 1 heterocycles. The van der Waals surface area contributed by atoms with Gasteiger partial charge < -0.3 is 16.2 Å². The predicted molar refractivity (Wildman–Crippen MR) is 73.1 cm³/mol. The molecule has 7 nitrogen and oxygen atoms in total. The first kappa shape index (κ1) is 13.7. The van der Waals surface area contributed by atoms with Crippen molar-refractivity contribution in [3.05, 3.63) is 20.8 Å². The van der Waals surface area contributed by atoms with Crippen LogP contribution in [-0.4, -0.2) is 27.8 Å². The zero-order valence-electron chi connectivity index (χ0n) is 11.0. The molecule has 19 heavy (non-hydrogen) atoms. The molecule has 1 aliphatic carbocycles. The van der Waals surface area contributed by atoms with Gasteiger partial charge in [-0.25, -0.2) is 4.79 Å². The molecule has 0 radical (unpaired) electrons. The molecule has 2 atom stereocenters. The summed E-state index contributed by atoms with van der Waals surface area (Å²) < 4.78 is 1.20. The maximum atomic E-state index is 11.7. The van der Waals surface area contributed by atoms with Crippen molar-refractivity contribution in [1.82, 2.24) is 9.55 Å². The van der Waals surface area contributed by atoms with Gasteiger partial charge in [-0.05, 0) is 24.7 Å². The molecule has 1 saturated carbocycles. The number of nitrogens with zero attached hydrogens (tertiary/aromatic N) is 1. The molecular weight excluding hydrogens is 248 g/mol. The largest absolute Gasteiger partial charge is 0.396 e. The Morgan fingerprint density at radius 1 is 1.42 bits per heavy atom. The smallest absolute Gasteiger partial charge is 0.329 e. The van der Waals surface area contributed by atoms with Gasteiger partial charge in [0.25, 0.3) is 5.56 Å². The van der Waals surface area contributed by atoms with E-state index in [1.807, 2.05) is 0 Å². The number of nitrogen functional groups attached to an aromatic ring is 1. The van der Waals surface area contributed by atoms with E-state index in [-0.39, 0.29) is 24.0 Å². The molecule has 0 saturated heterocycles. The number of aromatic amines is 1. The average molecular weight is 268 g/mol. The summed E-state index contributed by atoms with van der Waals surface area (Å²) in [6, 6.07) is 0. The summed E-state index contributed by atoms with van der Waals surface area (Å²) in [6.45, 7) is 0.752. The van der Waals surface area contributed by atoms with Crippen LogP contribution in [0, 0.1) is 11.8 Å². The van der Waals surface area contributed by atoms with Crippen LogP contribution in [0.4, 0.5) is 11.5 Å². The molecule has 1 aliphatic rings. The van der Waals surface area contributed by atoms with Gasteiger partial charge in [-0.3, -0.25) is 14.3 Å². The second-order valence-electron chi connectivity index (χ2n) is 5.09. The van der Waals surface area contributed by atoms with Gasteiger partial charge in [-0.15, -0.1) is 0 Å². The fourth-order valence-corrected chi connectivity index (χ4v) is 2.66. The van der Waals surface area contributed by atoms with Crippen molar-refractivity contribution in [2.45, 2.75) is 19.3 Å². The van der Waals surface area contributed by atoms with Gasteiger partial charge in [-0.2, -0.15) is 0 Å². The SMILES string of the molecule is Cn1c(N)c(NCC2CCCC2CO)c(=O)[nH]c1=O. The van der Waals surface area contributed by atoms with Crippen LogP contribution >= 0.6 is 0 Å². The third kappa shape index (κ3) is 2.65. The maximum Gasteiger partial charge on any atom is 0.329 e. The molecule has 0 amide bonds. The number of aromatic nitrogens is 2. The Hall–Kier alpha value is -1.76. The standard InChI is InChI=1S/C12H20N4O3/c1-16-10(13)9(11(18)15-12(16)19)14-5-7-3-2-4-8(7)6-17/h7-8,14,17H,2-6,13H2,1H3,(H,15,18,19). The topological polar surface area (TPSA) is 113 Å². The Morgan fingerprint density at radius 3 is 2.79 bits per heavy atom. The minimum atomic E-state index is -0.526. The van der Waals surface area contributed by atoms with Crippen molar-refractivity contribution in [1.29, 1.82) is 0 Å². The average Bonchev–Trinajstić information content (AvgIpc) is 2.83. The highest BCUT2D eigenvalue weighted by Crippen LogP contribution is 2.31. The number of H-pyrrole nitrogens is 1. The molecule has 0 spiro atoms. The minimum Gasteiger partial charge on any atom is -0.396 e. The molecule has 1 aromatic rings. The first-order valence-corrected chi connectivity index (χ1v) is 6.48. The fourth-order valence-electron chi connectivity index (χ4n) is 2.66. The van der Waals surface area contributed by atoms with Crippen molar-refractivity contribution >= 4 is 11.5 Å². The second-order valence-corrected chi connectivity index (χ2v) is 5.09. The molecule has 7 heteroatoms. The van der Waals surface area contributed by atoms with E-state index in [0.717, 1.165) is 19.3 Å². The molecule has 0 bridgehead atoms. The van der Waals surface area contributed by atoms with E-state index in [2.05, 4.69) is 10.3 Å². The molecule has 1 aromatic heterocycles. The van der Waals surface area contributed by atoms with Crippen LogP contribution in [0.15, 0.2) is 9.59 Å². The van der Waals surface area contributed by atoms with Crippen LogP contribution in [0.3, 0.4) is 0 Å². The Labute approximate surface area is 110 Å². The van der Waals surface area contributed by atoms with Crippen LogP contribution in [0.5, 0.6) is 0 Å². The van der Waals surface area contributed by atoms with Crippen LogP contribution in [-0.2, 0) is 7.05 Å². The quantitative estimate of drug-likeness (QED) is 0.586. The summed E-state index contributed by atoms with van der Waals surface area (Å²) >= 11 is 0. The lowest BCUT2D eigenvalue weighted by atomic mass is 9.97. The Bertz CT molecular complexity index is 563. The highest BCUT2D eigenvalue weighted by atomic mass is 16.3. The van der Waals surface area contributed by atoms with Gasteiger partial charge in [-0.1, -0.05) is 6.42 Å². The van der Waals surface area contributed by atoms with Gasteiger partial charge in [0.2, 0.25) is 0 Å². The fraction of sp³-hybridized carbons (Fsp3) is 0.667. The normalized spacial score (nSPS) is 22.6. The van der Waals surface area contributed by atoms with Gasteiger partial charge in [0.1, 0.15) is 11.5 Å². The number of aliphatic hydroxyl groups excluding tert-OH is 1. The Kier molecular flexibility index (Phi) is 3.94. The van der Waals surface area contributed by atoms with Crippen molar-refractivity contribution in [3.8, 4) is 0 Å². The number of anilines is 2. The molecule has 0 aliphatic heterocycles. The number of nitrogens with one attached hydrogen (secondary N) is 2. The van der Waals surface area contributed by atoms with E-state index in [1.165, 1.54) is 11.6 Å². The van der Waals surface area contributed by atoms with E-state index in [1.54, 1.807) is 0 Å². The highest BCUT2D eigenvalue weighted by Gasteiger charge is 2.26. The van der Waals surface area contributed by atoms with E-state index in [0.29, 0.717) is 12.5 Å². The van der Waals surface area contributed by atoms with Crippen LogP contribution in [0.1, 0.15) is 19.3 Å². The lowest BCUT2D eigenvalue weighted by molar-refractivity contribution is 0.199. The lowest BCUT2D eigenvalue weighted by Gasteiger charge is -2.19. The number of hydrogen-bond acceptors (Lipinski definition) is 5. The summed E-state index contributed by atoms with van der Waals surface area (Å²) in [5, 5.41) is 12.3. The van der Waals surface area contributed by atoms with E-state index in [4.69, 9.17) is 5.73 Å². The van der Waals surface area contributed by atoms with Gasteiger partial charge in [0, 0.05) is 20.2 Å². The van der Waals surface area contributed by atoms with Crippen molar-refractivity contribution in [3.63, 3.8) is 0 Å². The summed E-state index contributed by atoms with van der Waals surface area (Å²) in [4.78, 5) is 25.3. The molecule has 1 fully saturated rings. The molecule has 5 N–H and O–H groups in total. The first-order valence-electron chi connectivity index (χ1n) is 6.48. The monoisotopic (exact) mass is 268 g/mol. The Morgan fingerprint density at radius 2 is 2.11 bits per heavy atom. The van der Waals surface area contributed by atoms with Gasteiger partial charge in [0.15, 0.2) is 0 Å². The summed E-state index contributed by atoms with van der Waals surface area (Å²) in [5.41, 5.74) is 4.97. The number of aliphatic hydroxyl groups is 1. The van der Waals surface area contributed by atoms with Crippen molar-refractivity contribution in [2.24, 2.45) is 18.9 Å².